The van der Waals surface area contributed by atoms with Crippen LogP contribution in [-0.2, 0) is 14.3 Å². The van der Waals surface area contributed by atoms with Crippen LogP contribution in [0.5, 0.6) is 0 Å². The number of nitriles is 1. The normalized spacial score (nSPS) is 10.2. The highest BCUT2D eigenvalue weighted by Gasteiger charge is 2.18. The smallest absolute Gasteiger partial charge is 0.325 e. The lowest BCUT2D eigenvalue weighted by Gasteiger charge is -2.22. The first-order chi connectivity index (χ1) is 14.7. The number of nitrogens with zero attached hydrogens (tertiary/aromatic N) is 2. The third kappa shape index (κ3) is 6.96. The minimum Gasteiger partial charge on any atom is -0.454 e. The molecule has 0 aromatic heterocycles. The Morgan fingerprint density at radius 2 is 1.68 bits per heavy atom. The van der Waals surface area contributed by atoms with Gasteiger partial charge >= 0.3 is 5.97 Å². The highest BCUT2D eigenvalue weighted by atomic mass is 16.5. The average Bonchev–Trinajstić information content (AvgIpc) is 2.72. The highest BCUT2D eigenvalue weighted by molar-refractivity contribution is 5.97. The Labute approximate surface area is 182 Å². The number of hydrogen-bond donors (Lipinski definition) is 1. The first kappa shape index (κ1) is 23.6. The molecule has 2 rings (SSSR count). The molecule has 0 saturated carbocycles. The molecule has 0 radical (unpaired) electrons. The topological polar surface area (TPSA) is 99.5 Å². The average molecular weight is 421 g/mol. The molecule has 0 saturated heterocycles. The maximum atomic E-state index is 12.7. The Hall–Kier alpha value is -3.66. The van der Waals surface area contributed by atoms with Crippen molar-refractivity contribution in [2.45, 2.75) is 34.1 Å². The monoisotopic (exact) mass is 421 g/mol. The Kier molecular flexibility index (Phi) is 8.33. The summed E-state index contributed by atoms with van der Waals surface area (Å²) in [4.78, 5) is 38.3. The summed E-state index contributed by atoms with van der Waals surface area (Å²) in [6, 6.07) is 13.0. The van der Waals surface area contributed by atoms with Gasteiger partial charge in [0.15, 0.2) is 6.61 Å². The lowest BCUT2D eigenvalue weighted by Crippen LogP contribution is -2.37. The SMILES string of the molecule is Cc1cc(C)cc(N(CCC#N)C(=O)COC(=O)CNC(=O)c2ccc(C)c(C)c2)c1. The van der Waals surface area contributed by atoms with Gasteiger partial charge in [0, 0.05) is 17.8 Å². The van der Waals surface area contributed by atoms with Crippen LogP contribution < -0.4 is 10.2 Å². The van der Waals surface area contributed by atoms with Crippen LogP contribution in [-0.4, -0.2) is 37.5 Å². The summed E-state index contributed by atoms with van der Waals surface area (Å²) < 4.78 is 5.05. The molecule has 0 fully saturated rings. The molecule has 0 aliphatic carbocycles. The molecule has 7 heteroatoms. The minimum atomic E-state index is -0.716. The quantitative estimate of drug-likeness (QED) is 0.660. The Balaban J connectivity index is 1.93. The van der Waals surface area contributed by atoms with Crippen molar-refractivity contribution >= 4 is 23.5 Å². The van der Waals surface area contributed by atoms with E-state index in [0.717, 1.165) is 22.3 Å². The molecule has 2 amide bonds. The molecule has 2 aromatic rings. The van der Waals surface area contributed by atoms with Crippen LogP contribution in [0.3, 0.4) is 0 Å². The molecular weight excluding hydrogens is 394 g/mol. The number of ether oxygens (including phenoxy) is 1. The van der Waals surface area contributed by atoms with Gasteiger partial charge in [0.25, 0.3) is 11.8 Å². The molecule has 0 aliphatic heterocycles. The molecule has 31 heavy (non-hydrogen) atoms. The molecule has 2 aromatic carbocycles. The van der Waals surface area contributed by atoms with Gasteiger partial charge < -0.3 is 15.0 Å². The fraction of sp³-hybridized carbons (Fsp3) is 0.333. The first-order valence-corrected chi connectivity index (χ1v) is 9.98. The molecular formula is C24H27N3O4. The van der Waals surface area contributed by atoms with Crippen LogP contribution in [0.25, 0.3) is 0 Å². The van der Waals surface area contributed by atoms with Gasteiger partial charge in [0.05, 0.1) is 12.5 Å². The van der Waals surface area contributed by atoms with Crippen molar-refractivity contribution in [2.75, 3.05) is 24.6 Å². The van der Waals surface area contributed by atoms with Crippen molar-refractivity contribution in [3.8, 4) is 6.07 Å². The number of rotatable bonds is 8. The van der Waals surface area contributed by atoms with Gasteiger partial charge in [-0.05, 0) is 74.2 Å². The standard InChI is InChI=1S/C24H27N3O4/c1-16-10-17(2)12-21(11-16)27(9-5-8-25)22(28)15-31-23(29)14-26-24(30)20-7-6-18(3)19(4)13-20/h6-7,10-13H,5,9,14-15H2,1-4H3,(H,26,30). The lowest BCUT2D eigenvalue weighted by molar-refractivity contribution is -0.146. The number of benzene rings is 2. The maximum absolute atomic E-state index is 12.7. The summed E-state index contributed by atoms with van der Waals surface area (Å²) in [6.45, 7) is 7.06. The van der Waals surface area contributed by atoms with E-state index in [1.807, 2.05) is 58.0 Å². The Bertz CT molecular complexity index is 1000. The molecule has 0 spiro atoms. The van der Waals surface area contributed by atoms with E-state index >= 15 is 0 Å². The first-order valence-electron chi connectivity index (χ1n) is 9.98. The number of anilines is 1. The zero-order valence-electron chi connectivity index (χ0n) is 18.3. The van der Waals surface area contributed by atoms with Crippen molar-refractivity contribution in [3.05, 3.63) is 64.2 Å². The summed E-state index contributed by atoms with van der Waals surface area (Å²) in [5, 5.41) is 11.4. The Morgan fingerprint density at radius 1 is 1.00 bits per heavy atom. The molecule has 162 valence electrons. The molecule has 0 heterocycles. The molecule has 0 atom stereocenters. The second-order valence-electron chi connectivity index (χ2n) is 7.44. The predicted octanol–water partition coefficient (Wildman–Crippen LogP) is 3.14. The third-order valence-corrected chi connectivity index (χ3v) is 4.79. The molecule has 0 unspecified atom stereocenters. The Morgan fingerprint density at radius 3 is 2.29 bits per heavy atom. The van der Waals surface area contributed by atoms with Crippen molar-refractivity contribution in [2.24, 2.45) is 0 Å². The van der Waals surface area contributed by atoms with Crippen LogP contribution in [0.1, 0.15) is 39.0 Å². The molecule has 1 N–H and O–H groups in total. The van der Waals surface area contributed by atoms with Gasteiger partial charge in [-0.25, -0.2) is 0 Å². The fourth-order valence-electron chi connectivity index (χ4n) is 3.07. The summed E-state index contributed by atoms with van der Waals surface area (Å²) in [6.07, 6.45) is 0.151. The van der Waals surface area contributed by atoms with Crippen LogP contribution in [0, 0.1) is 39.0 Å². The largest absolute Gasteiger partial charge is 0.454 e. The van der Waals surface area contributed by atoms with E-state index in [-0.39, 0.29) is 19.5 Å². The number of amides is 2. The maximum Gasteiger partial charge on any atom is 0.325 e. The summed E-state index contributed by atoms with van der Waals surface area (Å²) >= 11 is 0. The summed E-state index contributed by atoms with van der Waals surface area (Å²) in [5.74, 6) is -1.54. The summed E-state index contributed by atoms with van der Waals surface area (Å²) in [5.41, 5.74) is 5.11. The second-order valence-corrected chi connectivity index (χ2v) is 7.44. The van der Waals surface area contributed by atoms with E-state index in [4.69, 9.17) is 10.00 Å². The van der Waals surface area contributed by atoms with Crippen molar-refractivity contribution < 1.29 is 19.1 Å². The number of aryl methyl sites for hydroxylation is 4. The zero-order chi connectivity index (χ0) is 23.0. The second kappa shape index (κ2) is 10.9. The third-order valence-electron chi connectivity index (χ3n) is 4.79. The van der Waals surface area contributed by atoms with E-state index in [1.54, 1.807) is 12.1 Å². The van der Waals surface area contributed by atoms with Gasteiger partial charge in [-0.1, -0.05) is 12.1 Å². The number of carbonyl (C=O) groups is 3. The van der Waals surface area contributed by atoms with Gasteiger partial charge in [-0.2, -0.15) is 5.26 Å². The highest BCUT2D eigenvalue weighted by Crippen LogP contribution is 2.19. The van der Waals surface area contributed by atoms with Crippen molar-refractivity contribution in [1.29, 1.82) is 5.26 Å². The zero-order valence-corrected chi connectivity index (χ0v) is 18.3. The predicted molar refractivity (Wildman–Crippen MR) is 118 cm³/mol. The van der Waals surface area contributed by atoms with E-state index in [1.165, 1.54) is 4.90 Å². The van der Waals surface area contributed by atoms with E-state index in [2.05, 4.69) is 5.32 Å². The van der Waals surface area contributed by atoms with Gasteiger partial charge in [0.2, 0.25) is 0 Å². The molecule has 0 bridgehead atoms. The van der Waals surface area contributed by atoms with E-state index in [0.29, 0.717) is 11.3 Å². The van der Waals surface area contributed by atoms with Crippen LogP contribution in [0.15, 0.2) is 36.4 Å². The number of hydrogen-bond acceptors (Lipinski definition) is 5. The lowest BCUT2D eigenvalue weighted by atomic mass is 10.1. The van der Waals surface area contributed by atoms with Gasteiger partial charge in [-0.15, -0.1) is 0 Å². The van der Waals surface area contributed by atoms with Gasteiger partial charge in [-0.3, -0.25) is 14.4 Å². The number of esters is 1. The van der Waals surface area contributed by atoms with E-state index < -0.39 is 24.4 Å². The number of nitrogens with one attached hydrogen (secondary N) is 1. The molecule has 0 aliphatic rings. The van der Waals surface area contributed by atoms with Crippen molar-refractivity contribution in [1.82, 2.24) is 5.32 Å². The fourth-order valence-corrected chi connectivity index (χ4v) is 3.07. The number of carbonyl (C=O) groups excluding carboxylic acids is 3. The van der Waals surface area contributed by atoms with Crippen LogP contribution >= 0.6 is 0 Å². The van der Waals surface area contributed by atoms with Gasteiger partial charge in [0.1, 0.15) is 6.54 Å². The minimum absolute atomic E-state index is 0.151. The summed E-state index contributed by atoms with van der Waals surface area (Å²) in [7, 11) is 0. The molecule has 7 nitrogen and oxygen atoms in total. The van der Waals surface area contributed by atoms with E-state index in [9.17, 15) is 14.4 Å². The van der Waals surface area contributed by atoms with Crippen LogP contribution in [0.2, 0.25) is 0 Å². The van der Waals surface area contributed by atoms with Crippen LogP contribution in [0.4, 0.5) is 5.69 Å². The van der Waals surface area contributed by atoms with Crippen molar-refractivity contribution in [3.63, 3.8) is 0 Å².